The molecule has 0 aromatic carbocycles. The second-order valence-corrected chi connectivity index (χ2v) is 3.69. The van der Waals surface area contributed by atoms with Crippen LogP contribution < -0.4 is 10.6 Å². The Kier molecular flexibility index (Phi) is 5.06. The van der Waals surface area contributed by atoms with E-state index in [0.717, 1.165) is 5.56 Å². The summed E-state index contributed by atoms with van der Waals surface area (Å²) >= 11 is 0. The first kappa shape index (κ1) is 13.9. The molecule has 18 heavy (non-hydrogen) atoms. The zero-order valence-corrected chi connectivity index (χ0v) is 9.83. The van der Waals surface area contributed by atoms with Crippen molar-refractivity contribution in [3.05, 3.63) is 30.1 Å². The molecule has 7 nitrogen and oxygen atoms in total. The summed E-state index contributed by atoms with van der Waals surface area (Å²) in [5.41, 5.74) is 0.844. The number of carboxylic acid groups (broad SMARTS) is 1. The molecule has 7 heteroatoms. The van der Waals surface area contributed by atoms with Gasteiger partial charge < -0.3 is 20.8 Å². The van der Waals surface area contributed by atoms with Crippen LogP contribution in [0.4, 0.5) is 4.79 Å². The van der Waals surface area contributed by atoms with Gasteiger partial charge in [0.25, 0.3) is 0 Å². The van der Waals surface area contributed by atoms with Crippen molar-refractivity contribution in [3.63, 3.8) is 0 Å². The fraction of sp³-hybridized carbons (Fsp3) is 0.364. The van der Waals surface area contributed by atoms with E-state index in [1.807, 2.05) is 0 Å². The maximum Gasteiger partial charge on any atom is 0.328 e. The summed E-state index contributed by atoms with van der Waals surface area (Å²) in [6, 6.07) is 1.23. The van der Waals surface area contributed by atoms with Crippen molar-refractivity contribution in [2.45, 2.75) is 19.0 Å². The van der Waals surface area contributed by atoms with Crippen LogP contribution in [0.25, 0.3) is 0 Å². The van der Waals surface area contributed by atoms with Gasteiger partial charge >= 0.3 is 12.0 Å². The Morgan fingerprint density at radius 3 is 2.44 bits per heavy atom. The van der Waals surface area contributed by atoms with Gasteiger partial charge in [0.1, 0.15) is 0 Å². The number of carbonyl (C=O) groups excluding carboxylic acids is 1. The first-order chi connectivity index (χ1) is 8.54. The zero-order chi connectivity index (χ0) is 13.5. The van der Waals surface area contributed by atoms with Crippen molar-refractivity contribution >= 4 is 12.0 Å². The van der Waals surface area contributed by atoms with E-state index in [2.05, 4.69) is 15.6 Å². The molecule has 1 aromatic rings. The third kappa shape index (κ3) is 4.02. The molecule has 0 aliphatic carbocycles. The van der Waals surface area contributed by atoms with Crippen LogP contribution in [0.15, 0.2) is 24.5 Å². The van der Waals surface area contributed by atoms with E-state index in [-0.39, 0.29) is 6.04 Å². The van der Waals surface area contributed by atoms with Crippen LogP contribution in [0.5, 0.6) is 0 Å². The molecule has 0 radical (unpaired) electrons. The van der Waals surface area contributed by atoms with Crippen LogP contribution in [0.2, 0.25) is 0 Å². The Hall–Kier alpha value is -2.15. The van der Waals surface area contributed by atoms with Crippen molar-refractivity contribution in [3.8, 4) is 0 Å². The van der Waals surface area contributed by atoms with E-state index >= 15 is 0 Å². The van der Waals surface area contributed by atoms with E-state index in [1.54, 1.807) is 31.5 Å². The minimum atomic E-state index is -1.31. The fourth-order valence-corrected chi connectivity index (χ4v) is 1.32. The average molecular weight is 253 g/mol. The zero-order valence-electron chi connectivity index (χ0n) is 9.83. The molecule has 2 atom stereocenters. The Labute approximate surface area is 104 Å². The van der Waals surface area contributed by atoms with Crippen molar-refractivity contribution < 1.29 is 19.8 Å². The largest absolute Gasteiger partial charge is 0.480 e. The third-order valence-electron chi connectivity index (χ3n) is 2.34. The molecule has 0 aliphatic heterocycles. The minimum absolute atomic E-state index is 0.291. The number of urea groups is 1. The maximum absolute atomic E-state index is 11.5. The quantitative estimate of drug-likeness (QED) is 0.585. The van der Waals surface area contributed by atoms with Gasteiger partial charge in [-0.2, -0.15) is 0 Å². The van der Waals surface area contributed by atoms with Gasteiger partial charge in [-0.15, -0.1) is 0 Å². The summed E-state index contributed by atoms with van der Waals surface area (Å²) in [5.74, 6) is -1.29. The number of carbonyl (C=O) groups is 2. The molecule has 0 spiro atoms. The van der Waals surface area contributed by atoms with Gasteiger partial charge in [0.05, 0.1) is 12.6 Å². The summed E-state index contributed by atoms with van der Waals surface area (Å²) < 4.78 is 0. The number of nitrogens with one attached hydrogen (secondary N) is 2. The molecule has 4 N–H and O–H groups in total. The number of pyridine rings is 1. The van der Waals surface area contributed by atoms with Crippen molar-refractivity contribution in [1.82, 2.24) is 15.6 Å². The molecular weight excluding hydrogens is 238 g/mol. The highest BCUT2D eigenvalue weighted by Crippen LogP contribution is 2.09. The minimum Gasteiger partial charge on any atom is -0.480 e. The Morgan fingerprint density at radius 2 is 1.94 bits per heavy atom. The first-order valence-corrected chi connectivity index (χ1v) is 5.35. The second kappa shape index (κ2) is 6.55. The molecule has 0 saturated carbocycles. The number of aliphatic hydroxyl groups is 1. The number of nitrogens with zero attached hydrogens (tertiary/aromatic N) is 1. The van der Waals surface area contributed by atoms with E-state index in [4.69, 9.17) is 10.2 Å². The molecule has 2 unspecified atom stereocenters. The molecule has 0 saturated heterocycles. The maximum atomic E-state index is 11.5. The summed E-state index contributed by atoms with van der Waals surface area (Å²) in [4.78, 5) is 26.0. The molecule has 2 amide bonds. The summed E-state index contributed by atoms with van der Waals surface area (Å²) in [6.07, 6.45) is 3.19. The van der Waals surface area contributed by atoms with Crippen molar-refractivity contribution in [2.24, 2.45) is 0 Å². The molecule has 0 bridgehead atoms. The first-order valence-electron chi connectivity index (χ1n) is 5.35. The van der Waals surface area contributed by atoms with E-state index in [1.165, 1.54) is 0 Å². The highest BCUT2D eigenvalue weighted by atomic mass is 16.4. The molecule has 0 fully saturated rings. The number of hydrogen-bond donors (Lipinski definition) is 4. The third-order valence-corrected chi connectivity index (χ3v) is 2.34. The summed E-state index contributed by atoms with van der Waals surface area (Å²) in [7, 11) is 0. The monoisotopic (exact) mass is 253 g/mol. The van der Waals surface area contributed by atoms with E-state index < -0.39 is 24.6 Å². The standard InChI is InChI=1S/C11H15N3O4/c1-7(8-2-4-12-5-3-8)13-11(18)14-9(6-15)10(16)17/h2-5,7,9,15H,6H2,1H3,(H,16,17)(H2,13,14,18). The number of hydrogen-bond acceptors (Lipinski definition) is 4. The SMILES string of the molecule is CC(NC(=O)NC(CO)C(=O)O)c1ccncc1. The Bertz CT molecular complexity index is 410. The Balaban J connectivity index is 2.52. The fourth-order valence-electron chi connectivity index (χ4n) is 1.32. The number of aliphatic carboxylic acids is 1. The smallest absolute Gasteiger partial charge is 0.328 e. The molecule has 1 aromatic heterocycles. The number of aliphatic hydroxyl groups excluding tert-OH is 1. The van der Waals surface area contributed by atoms with Gasteiger partial charge in [0.15, 0.2) is 6.04 Å². The Morgan fingerprint density at radius 1 is 1.33 bits per heavy atom. The van der Waals surface area contributed by atoms with Gasteiger partial charge in [-0.25, -0.2) is 9.59 Å². The molecule has 98 valence electrons. The normalized spacial score (nSPS) is 13.4. The number of carboxylic acids is 1. The van der Waals surface area contributed by atoms with Crippen LogP contribution in [0.1, 0.15) is 18.5 Å². The lowest BCUT2D eigenvalue weighted by atomic mass is 10.1. The summed E-state index contributed by atoms with van der Waals surface area (Å²) in [6.45, 7) is 1.09. The lowest BCUT2D eigenvalue weighted by Gasteiger charge is -2.17. The van der Waals surface area contributed by atoms with Gasteiger partial charge in [-0.05, 0) is 24.6 Å². The van der Waals surface area contributed by atoms with Gasteiger partial charge in [-0.1, -0.05) is 0 Å². The van der Waals surface area contributed by atoms with Crippen LogP contribution in [0.3, 0.4) is 0 Å². The lowest BCUT2D eigenvalue weighted by molar-refractivity contribution is -0.140. The number of aromatic nitrogens is 1. The van der Waals surface area contributed by atoms with Crippen molar-refractivity contribution in [2.75, 3.05) is 6.61 Å². The van der Waals surface area contributed by atoms with Crippen LogP contribution >= 0.6 is 0 Å². The van der Waals surface area contributed by atoms with Crippen molar-refractivity contribution in [1.29, 1.82) is 0 Å². The van der Waals surface area contributed by atoms with Crippen LogP contribution in [-0.4, -0.2) is 39.8 Å². The molecule has 0 aliphatic rings. The molecule has 1 heterocycles. The topological polar surface area (TPSA) is 112 Å². The number of rotatable bonds is 5. The van der Waals surface area contributed by atoms with E-state index in [0.29, 0.717) is 0 Å². The predicted octanol–water partition coefficient (Wildman–Crippen LogP) is -0.113. The van der Waals surface area contributed by atoms with Gasteiger partial charge in [0, 0.05) is 12.4 Å². The molecule has 1 rings (SSSR count). The summed E-state index contributed by atoms with van der Waals surface area (Å²) in [5, 5.41) is 22.1. The lowest BCUT2D eigenvalue weighted by Crippen LogP contribution is -2.48. The highest BCUT2D eigenvalue weighted by molar-refractivity contribution is 5.82. The molecular formula is C11H15N3O4. The highest BCUT2D eigenvalue weighted by Gasteiger charge is 2.19. The van der Waals surface area contributed by atoms with E-state index in [9.17, 15) is 9.59 Å². The van der Waals surface area contributed by atoms with Gasteiger partial charge in [-0.3, -0.25) is 4.98 Å². The van der Waals surface area contributed by atoms with Crippen LogP contribution in [0, 0.1) is 0 Å². The van der Waals surface area contributed by atoms with Crippen LogP contribution in [-0.2, 0) is 4.79 Å². The number of amides is 2. The predicted molar refractivity (Wildman–Crippen MR) is 62.8 cm³/mol. The second-order valence-electron chi connectivity index (χ2n) is 3.69. The average Bonchev–Trinajstić information content (AvgIpc) is 2.36. The van der Waals surface area contributed by atoms with Gasteiger partial charge in [0.2, 0.25) is 0 Å².